The van der Waals surface area contributed by atoms with Crippen molar-refractivity contribution in [2.24, 2.45) is 0 Å². The van der Waals surface area contributed by atoms with E-state index < -0.39 is 4.92 Å². The number of imidazole rings is 1. The Kier molecular flexibility index (Phi) is 2.83. The van der Waals surface area contributed by atoms with Crippen LogP contribution >= 0.6 is 0 Å². The number of benzene rings is 1. The van der Waals surface area contributed by atoms with Crippen LogP contribution in [-0.4, -0.2) is 52.7 Å². The third kappa shape index (κ3) is 2.12. The van der Waals surface area contributed by atoms with E-state index >= 15 is 0 Å². The highest BCUT2D eigenvalue weighted by atomic mass is 16.6. The minimum Gasteiger partial charge on any atom is -0.308 e. The van der Waals surface area contributed by atoms with Crippen LogP contribution in [0.15, 0.2) is 18.2 Å². The van der Waals surface area contributed by atoms with E-state index in [2.05, 4.69) is 28.3 Å². The summed E-state index contributed by atoms with van der Waals surface area (Å²) >= 11 is 0. The number of nitro groups is 1. The first-order chi connectivity index (χ1) is 9.15. The molecular formula is C12H14N5O2. The van der Waals surface area contributed by atoms with Gasteiger partial charge in [-0.05, 0) is 13.1 Å². The van der Waals surface area contributed by atoms with Gasteiger partial charge in [-0.15, -0.1) is 0 Å². The highest BCUT2D eigenvalue weighted by molar-refractivity contribution is 5.78. The number of aromatic nitrogens is 2. The van der Waals surface area contributed by atoms with Crippen molar-refractivity contribution >= 4 is 16.7 Å². The summed E-state index contributed by atoms with van der Waals surface area (Å²) in [6.45, 7) is 3.77. The van der Waals surface area contributed by atoms with Gasteiger partial charge in [0, 0.05) is 38.3 Å². The van der Waals surface area contributed by atoms with E-state index in [0.717, 1.165) is 31.7 Å². The molecule has 3 rings (SSSR count). The number of piperazine rings is 1. The molecule has 19 heavy (non-hydrogen) atoms. The smallest absolute Gasteiger partial charge is 0.271 e. The van der Waals surface area contributed by atoms with Crippen molar-refractivity contribution in [1.82, 2.24) is 14.6 Å². The zero-order valence-corrected chi connectivity index (χ0v) is 10.6. The molecule has 2 heterocycles. The van der Waals surface area contributed by atoms with Gasteiger partial charge in [-0.1, -0.05) is 0 Å². The molecule has 0 aliphatic carbocycles. The largest absolute Gasteiger partial charge is 0.308 e. The third-order valence-electron chi connectivity index (χ3n) is 3.43. The fourth-order valence-electron chi connectivity index (χ4n) is 2.26. The van der Waals surface area contributed by atoms with Gasteiger partial charge >= 0.3 is 0 Å². The SMILES string of the molecule is CN1CCN(n2[c]nc3cc([N+](=O)[O-])ccc32)CC1. The molecule has 1 saturated heterocycles. The number of hydrogen-bond acceptors (Lipinski definition) is 5. The number of hydrogen-bond donors (Lipinski definition) is 0. The first kappa shape index (κ1) is 11.9. The lowest BCUT2D eigenvalue weighted by Crippen LogP contribution is -2.49. The Balaban J connectivity index is 1.95. The van der Waals surface area contributed by atoms with E-state index in [-0.39, 0.29) is 5.69 Å². The molecule has 99 valence electrons. The molecule has 1 aliphatic heterocycles. The Morgan fingerprint density at radius 3 is 2.74 bits per heavy atom. The summed E-state index contributed by atoms with van der Waals surface area (Å²) < 4.78 is 1.87. The molecule has 1 fully saturated rings. The van der Waals surface area contributed by atoms with Crippen LogP contribution in [-0.2, 0) is 0 Å². The van der Waals surface area contributed by atoms with Crippen molar-refractivity contribution in [3.05, 3.63) is 34.6 Å². The molecule has 7 nitrogen and oxygen atoms in total. The summed E-state index contributed by atoms with van der Waals surface area (Å²) in [4.78, 5) is 16.7. The molecular weight excluding hydrogens is 246 g/mol. The van der Waals surface area contributed by atoms with Crippen LogP contribution in [0.2, 0.25) is 0 Å². The van der Waals surface area contributed by atoms with Crippen molar-refractivity contribution in [3.63, 3.8) is 0 Å². The lowest BCUT2D eigenvalue weighted by atomic mass is 10.3. The second-order valence-corrected chi connectivity index (χ2v) is 4.71. The second-order valence-electron chi connectivity index (χ2n) is 4.71. The average molecular weight is 260 g/mol. The van der Waals surface area contributed by atoms with Crippen LogP contribution < -0.4 is 5.01 Å². The van der Waals surface area contributed by atoms with Gasteiger partial charge in [0.15, 0.2) is 6.33 Å². The van der Waals surface area contributed by atoms with E-state index in [1.165, 1.54) is 12.1 Å². The van der Waals surface area contributed by atoms with Crippen molar-refractivity contribution in [1.29, 1.82) is 0 Å². The number of likely N-dealkylation sites (N-methyl/N-ethyl adjacent to an activating group) is 1. The lowest BCUT2D eigenvalue weighted by Gasteiger charge is -2.34. The van der Waals surface area contributed by atoms with Crippen molar-refractivity contribution in [2.75, 3.05) is 38.2 Å². The summed E-state index contributed by atoms with van der Waals surface area (Å²) in [5.74, 6) is 0. The maximum absolute atomic E-state index is 10.7. The van der Waals surface area contributed by atoms with Gasteiger partial charge in [0.1, 0.15) is 0 Å². The third-order valence-corrected chi connectivity index (χ3v) is 3.43. The maximum Gasteiger partial charge on any atom is 0.271 e. The van der Waals surface area contributed by atoms with Gasteiger partial charge < -0.3 is 9.91 Å². The number of nitrogens with zero attached hydrogens (tertiary/aromatic N) is 5. The molecule has 0 bridgehead atoms. The van der Waals surface area contributed by atoms with Crippen molar-refractivity contribution in [3.8, 4) is 0 Å². The van der Waals surface area contributed by atoms with Crippen LogP contribution in [0.1, 0.15) is 0 Å². The number of fused-ring (bicyclic) bond motifs is 1. The predicted octanol–water partition coefficient (Wildman–Crippen LogP) is 0.628. The van der Waals surface area contributed by atoms with Crippen molar-refractivity contribution < 1.29 is 4.92 Å². The molecule has 1 aromatic carbocycles. The van der Waals surface area contributed by atoms with Gasteiger partial charge in [0.05, 0.1) is 16.0 Å². The second kappa shape index (κ2) is 4.51. The van der Waals surface area contributed by atoms with Crippen LogP contribution in [0.4, 0.5) is 5.69 Å². The molecule has 1 aliphatic rings. The molecule has 2 aromatic rings. The fraction of sp³-hybridized carbons (Fsp3) is 0.417. The topological polar surface area (TPSA) is 67.4 Å². The van der Waals surface area contributed by atoms with Gasteiger partial charge in [-0.2, -0.15) is 0 Å². The Morgan fingerprint density at radius 2 is 2.05 bits per heavy atom. The van der Waals surface area contributed by atoms with Crippen LogP contribution in [0, 0.1) is 16.4 Å². The molecule has 0 atom stereocenters. The average Bonchev–Trinajstić information content (AvgIpc) is 2.82. The zero-order chi connectivity index (χ0) is 13.4. The Hall–Kier alpha value is -2.15. The maximum atomic E-state index is 10.7. The highest BCUT2D eigenvalue weighted by Crippen LogP contribution is 2.20. The minimum absolute atomic E-state index is 0.0597. The summed E-state index contributed by atoms with van der Waals surface area (Å²) in [6, 6.07) is 4.72. The Morgan fingerprint density at radius 1 is 1.32 bits per heavy atom. The highest BCUT2D eigenvalue weighted by Gasteiger charge is 2.17. The van der Waals surface area contributed by atoms with Gasteiger partial charge in [0.2, 0.25) is 0 Å². The molecule has 1 radical (unpaired) electrons. The van der Waals surface area contributed by atoms with Crippen LogP contribution in [0.5, 0.6) is 0 Å². The molecule has 7 heteroatoms. The van der Waals surface area contributed by atoms with Crippen molar-refractivity contribution in [2.45, 2.75) is 0 Å². The molecule has 0 saturated carbocycles. The molecule has 0 spiro atoms. The summed E-state index contributed by atoms with van der Waals surface area (Å²) in [5, 5.41) is 12.9. The molecule has 1 aromatic heterocycles. The zero-order valence-electron chi connectivity index (χ0n) is 10.6. The normalized spacial score (nSPS) is 17.0. The monoisotopic (exact) mass is 260 g/mol. The van der Waals surface area contributed by atoms with Crippen LogP contribution in [0.25, 0.3) is 11.0 Å². The summed E-state index contributed by atoms with van der Waals surface area (Å²) in [6.07, 6.45) is 2.92. The quantitative estimate of drug-likeness (QED) is 0.585. The Labute approximate surface area is 110 Å². The predicted molar refractivity (Wildman–Crippen MR) is 70.7 cm³/mol. The molecule has 0 amide bonds. The molecule has 0 N–H and O–H groups in total. The minimum atomic E-state index is -0.408. The Bertz CT molecular complexity index is 616. The first-order valence-electron chi connectivity index (χ1n) is 6.13. The standard InChI is InChI=1S/C12H14N5O2/c1-14-4-6-15(7-5-14)16-9-13-11-8-10(17(18)19)2-3-12(11)16/h2-3,8H,4-7H2,1H3. The number of rotatable bonds is 2. The van der Waals surface area contributed by atoms with Gasteiger partial charge in [-0.3, -0.25) is 10.1 Å². The summed E-state index contributed by atoms with van der Waals surface area (Å²) in [7, 11) is 2.09. The molecule has 0 unspecified atom stereocenters. The van der Waals surface area contributed by atoms with Gasteiger partial charge in [-0.25, -0.2) is 9.66 Å². The van der Waals surface area contributed by atoms with Gasteiger partial charge in [0.25, 0.3) is 5.69 Å². The van der Waals surface area contributed by atoms with E-state index in [1.54, 1.807) is 6.07 Å². The summed E-state index contributed by atoms with van der Waals surface area (Å²) in [5.41, 5.74) is 1.52. The van der Waals surface area contributed by atoms with E-state index in [1.807, 2.05) is 4.68 Å². The number of nitro benzene ring substituents is 1. The van der Waals surface area contributed by atoms with E-state index in [9.17, 15) is 10.1 Å². The lowest BCUT2D eigenvalue weighted by molar-refractivity contribution is -0.384. The number of non-ortho nitro benzene ring substituents is 1. The van der Waals surface area contributed by atoms with E-state index in [0.29, 0.717) is 5.52 Å². The van der Waals surface area contributed by atoms with Crippen LogP contribution in [0.3, 0.4) is 0 Å². The first-order valence-corrected chi connectivity index (χ1v) is 6.13. The fourth-order valence-corrected chi connectivity index (χ4v) is 2.26. The van der Waals surface area contributed by atoms with E-state index in [4.69, 9.17) is 0 Å².